The van der Waals surface area contributed by atoms with Crippen LogP contribution in [0.15, 0.2) is 53.4 Å². The van der Waals surface area contributed by atoms with Gasteiger partial charge in [-0.3, -0.25) is 4.72 Å². The summed E-state index contributed by atoms with van der Waals surface area (Å²) in [5, 5.41) is 9.32. The molecule has 1 aliphatic rings. The van der Waals surface area contributed by atoms with Gasteiger partial charge in [-0.15, -0.1) is 0 Å². The van der Waals surface area contributed by atoms with Crippen molar-refractivity contribution < 1.29 is 24.2 Å². The van der Waals surface area contributed by atoms with E-state index in [1.165, 1.54) is 18.0 Å². The number of carbonyl (C=O) groups excluding carboxylic acids is 1. The van der Waals surface area contributed by atoms with Gasteiger partial charge in [-0.05, 0) is 82.3 Å². The van der Waals surface area contributed by atoms with Crippen molar-refractivity contribution in [2.75, 3.05) is 17.8 Å². The highest BCUT2D eigenvalue weighted by Crippen LogP contribution is 2.31. The van der Waals surface area contributed by atoms with Gasteiger partial charge in [-0.2, -0.15) is 4.98 Å². The topological polar surface area (TPSA) is 140 Å². The smallest absolute Gasteiger partial charge is 0.410 e. The van der Waals surface area contributed by atoms with Gasteiger partial charge in [-0.1, -0.05) is 24.3 Å². The van der Waals surface area contributed by atoms with E-state index >= 15 is 0 Å². The lowest BCUT2D eigenvalue weighted by Crippen LogP contribution is -2.55. The third kappa shape index (κ3) is 7.42. The van der Waals surface area contributed by atoms with Crippen molar-refractivity contribution in [3.05, 3.63) is 65.2 Å². The number of anilines is 1. The Labute approximate surface area is 238 Å². The monoisotopic (exact) mass is 565 g/mol. The normalized spacial score (nSPS) is 17.3. The minimum atomic E-state index is -1.00. The number of carboxylic acid groups (broad SMARTS) is 1. The number of benzene rings is 2. The standard InChI is InChI=1S/C29H35N5O5S/c1-17-8-6-9-18(2)25(17)22-15-24(32-27(31-22)33-40-20-11-7-10-19(14-20)26(35)36)38-23-16-34(13-12-21(23)30)28(37)39-29(3,4)5/h6-11,14-15,21,23H,12-13,16,30H2,1-5H3,(H,35,36)(H,31,32,33). The van der Waals surface area contributed by atoms with Crippen LogP contribution in [0.2, 0.25) is 0 Å². The fourth-order valence-electron chi connectivity index (χ4n) is 4.38. The summed E-state index contributed by atoms with van der Waals surface area (Å²) in [5.41, 5.74) is 9.69. The molecular formula is C29H35N5O5S. The molecule has 0 bridgehead atoms. The molecule has 4 N–H and O–H groups in total. The minimum absolute atomic E-state index is 0.182. The number of hydrogen-bond acceptors (Lipinski definition) is 9. The summed E-state index contributed by atoms with van der Waals surface area (Å²) in [7, 11) is 0. The predicted octanol–water partition coefficient (Wildman–Crippen LogP) is 5.29. The van der Waals surface area contributed by atoms with Crippen molar-refractivity contribution in [2.24, 2.45) is 5.73 Å². The van der Waals surface area contributed by atoms with Gasteiger partial charge in [0.1, 0.15) is 11.7 Å². The van der Waals surface area contributed by atoms with Crippen LogP contribution in [0.3, 0.4) is 0 Å². The molecule has 1 aliphatic heterocycles. The molecule has 2 atom stereocenters. The molecular weight excluding hydrogens is 530 g/mol. The molecule has 0 aliphatic carbocycles. The summed E-state index contributed by atoms with van der Waals surface area (Å²) in [5.74, 6) is -0.411. The van der Waals surface area contributed by atoms with E-state index in [4.69, 9.17) is 20.2 Å². The second-order valence-corrected chi connectivity index (χ2v) is 11.6. The van der Waals surface area contributed by atoms with Crippen molar-refractivity contribution in [1.82, 2.24) is 14.9 Å². The quantitative estimate of drug-likeness (QED) is 0.324. The van der Waals surface area contributed by atoms with Crippen LogP contribution >= 0.6 is 11.9 Å². The lowest BCUT2D eigenvalue weighted by molar-refractivity contribution is 0.00346. The van der Waals surface area contributed by atoms with Crippen LogP contribution in [0.1, 0.15) is 48.7 Å². The molecule has 0 spiro atoms. The highest BCUT2D eigenvalue weighted by Gasteiger charge is 2.33. The van der Waals surface area contributed by atoms with Gasteiger partial charge in [0.05, 0.1) is 17.8 Å². The summed E-state index contributed by atoms with van der Waals surface area (Å²) in [6, 6.07) is 14.1. The first-order valence-electron chi connectivity index (χ1n) is 13.0. The number of hydrogen-bond donors (Lipinski definition) is 3. The van der Waals surface area contributed by atoms with Crippen LogP contribution in [0.4, 0.5) is 10.7 Å². The Balaban J connectivity index is 1.62. The van der Waals surface area contributed by atoms with Gasteiger partial charge in [0.15, 0.2) is 0 Å². The Kier molecular flexibility index (Phi) is 8.85. The zero-order valence-electron chi connectivity index (χ0n) is 23.3. The maximum absolute atomic E-state index is 12.7. The van der Waals surface area contributed by atoms with E-state index in [1.54, 1.807) is 29.2 Å². The Morgan fingerprint density at radius 3 is 2.48 bits per heavy atom. The van der Waals surface area contributed by atoms with Crippen LogP contribution in [-0.4, -0.2) is 62.9 Å². The van der Waals surface area contributed by atoms with Gasteiger partial charge in [-0.25, -0.2) is 14.6 Å². The first kappa shape index (κ1) is 29.2. The van der Waals surface area contributed by atoms with Crippen molar-refractivity contribution >= 4 is 30.0 Å². The third-order valence-electron chi connectivity index (χ3n) is 6.32. The first-order valence-corrected chi connectivity index (χ1v) is 13.8. The molecule has 4 rings (SSSR count). The molecule has 11 heteroatoms. The number of carboxylic acids is 1. The number of piperidine rings is 1. The maximum atomic E-state index is 12.7. The molecule has 1 saturated heterocycles. The van der Waals surface area contributed by atoms with Crippen molar-refractivity contribution in [3.8, 4) is 17.1 Å². The molecule has 2 unspecified atom stereocenters. The van der Waals surface area contributed by atoms with Gasteiger partial charge in [0.2, 0.25) is 11.8 Å². The molecule has 2 aromatic carbocycles. The molecule has 0 saturated carbocycles. The highest BCUT2D eigenvalue weighted by molar-refractivity contribution is 8.00. The van der Waals surface area contributed by atoms with Crippen LogP contribution in [0.5, 0.6) is 5.88 Å². The molecule has 1 aromatic heterocycles. The zero-order valence-corrected chi connectivity index (χ0v) is 24.1. The van der Waals surface area contributed by atoms with Crippen molar-refractivity contribution in [2.45, 2.75) is 63.7 Å². The summed E-state index contributed by atoms with van der Waals surface area (Å²) >= 11 is 1.19. The van der Waals surface area contributed by atoms with E-state index in [9.17, 15) is 14.7 Å². The van der Waals surface area contributed by atoms with Gasteiger partial charge in [0, 0.05) is 29.1 Å². The highest BCUT2D eigenvalue weighted by atomic mass is 32.2. The number of amides is 1. The molecule has 3 aromatic rings. The van der Waals surface area contributed by atoms with Crippen molar-refractivity contribution in [1.29, 1.82) is 0 Å². The van der Waals surface area contributed by atoms with Crippen LogP contribution in [-0.2, 0) is 4.74 Å². The van der Waals surface area contributed by atoms with E-state index < -0.39 is 23.8 Å². The second kappa shape index (κ2) is 12.1. The number of carbonyl (C=O) groups is 2. The SMILES string of the molecule is Cc1cccc(C)c1-c1cc(OC2CN(C(=O)OC(C)(C)C)CCC2N)nc(NSc2cccc(C(=O)O)c2)n1. The minimum Gasteiger partial charge on any atom is -0.478 e. The maximum Gasteiger partial charge on any atom is 0.410 e. The lowest BCUT2D eigenvalue weighted by Gasteiger charge is -2.37. The fraction of sp³-hybridized carbons (Fsp3) is 0.379. The van der Waals surface area contributed by atoms with Gasteiger partial charge in [0.25, 0.3) is 0 Å². The number of aryl methyl sites for hydroxylation is 2. The molecule has 1 fully saturated rings. The number of ether oxygens (including phenoxy) is 2. The number of aromatic carboxylic acids is 1. The van der Waals surface area contributed by atoms with E-state index in [-0.39, 0.29) is 24.1 Å². The third-order valence-corrected chi connectivity index (χ3v) is 7.09. The Morgan fingerprint density at radius 1 is 1.10 bits per heavy atom. The fourth-order valence-corrected chi connectivity index (χ4v) is 5.01. The van der Waals surface area contributed by atoms with Crippen molar-refractivity contribution in [3.63, 3.8) is 0 Å². The molecule has 2 heterocycles. The Hall–Kier alpha value is -3.83. The summed E-state index contributed by atoms with van der Waals surface area (Å²) in [6.07, 6.45) is -0.358. The number of nitrogens with zero attached hydrogens (tertiary/aromatic N) is 3. The molecule has 1 amide bonds. The van der Waals surface area contributed by atoms with E-state index in [0.29, 0.717) is 29.4 Å². The Morgan fingerprint density at radius 2 is 1.80 bits per heavy atom. The van der Waals surface area contributed by atoms with Crippen LogP contribution in [0, 0.1) is 13.8 Å². The average molecular weight is 566 g/mol. The van der Waals surface area contributed by atoms with Crippen LogP contribution in [0.25, 0.3) is 11.3 Å². The largest absolute Gasteiger partial charge is 0.478 e. The van der Waals surface area contributed by atoms with Gasteiger partial charge >= 0.3 is 12.1 Å². The molecule has 0 radical (unpaired) electrons. The first-order chi connectivity index (χ1) is 18.9. The summed E-state index contributed by atoms with van der Waals surface area (Å²) < 4.78 is 15.0. The van der Waals surface area contributed by atoms with Gasteiger partial charge < -0.3 is 25.2 Å². The lowest BCUT2D eigenvalue weighted by atomic mass is 10.00. The van der Waals surface area contributed by atoms with E-state index in [0.717, 1.165) is 16.7 Å². The van der Waals surface area contributed by atoms with E-state index in [1.807, 2.05) is 52.8 Å². The predicted molar refractivity (Wildman–Crippen MR) is 155 cm³/mol. The molecule has 212 valence electrons. The second-order valence-electron chi connectivity index (χ2n) is 10.8. The summed E-state index contributed by atoms with van der Waals surface area (Å²) in [6.45, 7) is 10.3. The van der Waals surface area contributed by atoms with E-state index in [2.05, 4.69) is 9.71 Å². The number of aromatic nitrogens is 2. The zero-order chi connectivity index (χ0) is 29.0. The van der Waals surface area contributed by atoms with Crippen LogP contribution < -0.4 is 15.2 Å². The average Bonchev–Trinajstić information content (AvgIpc) is 2.88. The Bertz CT molecular complexity index is 1370. The number of nitrogens with one attached hydrogen (secondary N) is 1. The molecule has 10 nitrogen and oxygen atoms in total. The summed E-state index contributed by atoms with van der Waals surface area (Å²) in [4.78, 5) is 35.7. The number of nitrogens with two attached hydrogens (primary N) is 1. The number of likely N-dealkylation sites (tertiary alicyclic amines) is 1. The number of rotatable bonds is 7. The molecule has 40 heavy (non-hydrogen) atoms.